The van der Waals surface area contributed by atoms with Crippen LogP contribution in [0, 0.1) is 5.82 Å². The smallest absolute Gasteiger partial charge is 0.338 e. The van der Waals surface area contributed by atoms with Crippen LogP contribution in [0.4, 0.5) is 10.1 Å². The van der Waals surface area contributed by atoms with Crippen molar-refractivity contribution < 1.29 is 18.4 Å². The molecule has 1 heterocycles. The number of ether oxygens (including phenoxy) is 1. The average Bonchev–Trinajstić information content (AvgIpc) is 3.09. The number of esters is 1. The summed E-state index contributed by atoms with van der Waals surface area (Å²) in [5.74, 6) is -0.270. The number of anilines is 1. The highest BCUT2D eigenvalue weighted by molar-refractivity contribution is 5.90. The average molecular weight is 340 g/mol. The largest absolute Gasteiger partial charge is 0.455 e. The Labute approximate surface area is 144 Å². The molecule has 0 N–H and O–H groups in total. The van der Waals surface area contributed by atoms with E-state index in [2.05, 4.69) is 5.16 Å². The zero-order chi connectivity index (χ0) is 17.8. The van der Waals surface area contributed by atoms with E-state index in [1.165, 1.54) is 12.1 Å². The number of hydrogen-bond donors (Lipinski definition) is 0. The van der Waals surface area contributed by atoms with Crippen molar-refractivity contribution in [2.75, 3.05) is 19.0 Å². The molecular formula is C19H17FN2O3. The summed E-state index contributed by atoms with van der Waals surface area (Å²) in [5, 5.41) is 3.87. The van der Waals surface area contributed by atoms with Crippen molar-refractivity contribution >= 4 is 11.7 Å². The van der Waals surface area contributed by atoms with Gasteiger partial charge in [-0.25, -0.2) is 9.18 Å². The topological polar surface area (TPSA) is 55.6 Å². The van der Waals surface area contributed by atoms with Gasteiger partial charge in [-0.15, -0.1) is 0 Å². The lowest BCUT2D eigenvalue weighted by Crippen LogP contribution is -2.11. The number of benzene rings is 2. The number of aromatic nitrogens is 1. The third-order valence-electron chi connectivity index (χ3n) is 3.64. The minimum absolute atomic E-state index is 0.00425. The minimum Gasteiger partial charge on any atom is -0.455 e. The molecule has 0 aliphatic carbocycles. The molecule has 1 aromatic heterocycles. The Morgan fingerprint density at radius 3 is 2.64 bits per heavy atom. The maximum Gasteiger partial charge on any atom is 0.338 e. The second-order valence-electron chi connectivity index (χ2n) is 5.71. The molecule has 0 radical (unpaired) electrons. The second kappa shape index (κ2) is 7.17. The van der Waals surface area contributed by atoms with Crippen LogP contribution in [0.15, 0.2) is 59.1 Å². The van der Waals surface area contributed by atoms with Crippen molar-refractivity contribution in [3.05, 3.63) is 71.7 Å². The number of hydrogen-bond acceptors (Lipinski definition) is 5. The molecule has 5 nitrogen and oxygen atoms in total. The molecule has 3 rings (SSSR count). The van der Waals surface area contributed by atoms with E-state index in [4.69, 9.17) is 9.26 Å². The number of rotatable bonds is 5. The summed E-state index contributed by atoms with van der Waals surface area (Å²) >= 11 is 0. The number of halogens is 1. The van der Waals surface area contributed by atoms with E-state index in [0.717, 1.165) is 5.69 Å². The molecule has 0 aliphatic rings. The number of carbonyl (C=O) groups is 1. The van der Waals surface area contributed by atoms with E-state index in [1.54, 1.807) is 36.4 Å². The first-order chi connectivity index (χ1) is 12.0. The molecule has 0 fully saturated rings. The molecular weight excluding hydrogens is 323 g/mol. The molecule has 0 saturated carbocycles. The monoisotopic (exact) mass is 340 g/mol. The normalized spacial score (nSPS) is 10.5. The Morgan fingerprint density at radius 2 is 1.92 bits per heavy atom. The lowest BCUT2D eigenvalue weighted by atomic mass is 10.1. The van der Waals surface area contributed by atoms with Crippen LogP contribution in [0.25, 0.3) is 11.3 Å². The van der Waals surface area contributed by atoms with Gasteiger partial charge >= 0.3 is 5.97 Å². The highest BCUT2D eigenvalue weighted by Gasteiger charge is 2.12. The Bertz CT molecular complexity index is 872. The molecule has 2 aromatic carbocycles. The maximum atomic E-state index is 12.9. The van der Waals surface area contributed by atoms with Gasteiger partial charge in [0.05, 0.1) is 5.56 Å². The summed E-state index contributed by atoms with van der Waals surface area (Å²) in [6.07, 6.45) is 0. The second-order valence-corrected chi connectivity index (χ2v) is 5.71. The van der Waals surface area contributed by atoms with Crippen LogP contribution < -0.4 is 4.90 Å². The van der Waals surface area contributed by atoms with Gasteiger partial charge in [0.25, 0.3) is 0 Å². The third kappa shape index (κ3) is 4.03. The Hall–Kier alpha value is -3.15. The molecule has 128 valence electrons. The summed E-state index contributed by atoms with van der Waals surface area (Å²) < 4.78 is 23.4. The van der Waals surface area contributed by atoms with Crippen molar-refractivity contribution in [3.63, 3.8) is 0 Å². The molecule has 0 bridgehead atoms. The molecule has 6 heteroatoms. The summed E-state index contributed by atoms with van der Waals surface area (Å²) in [7, 11) is 3.80. The fourth-order valence-corrected chi connectivity index (χ4v) is 2.26. The molecule has 0 amide bonds. The SMILES string of the molecule is CN(C)c1cccc(C(=O)OCc2cc(-c3ccc(F)cc3)on2)c1. The Balaban J connectivity index is 1.65. The summed E-state index contributed by atoms with van der Waals surface area (Å²) in [6.45, 7) is -0.00425. The first-order valence-electron chi connectivity index (χ1n) is 7.69. The Morgan fingerprint density at radius 1 is 1.16 bits per heavy atom. The van der Waals surface area contributed by atoms with Gasteiger partial charge in [0.15, 0.2) is 5.76 Å². The van der Waals surface area contributed by atoms with Crippen LogP contribution in [0.5, 0.6) is 0 Å². The Kier molecular flexibility index (Phi) is 4.79. The van der Waals surface area contributed by atoms with Gasteiger partial charge in [-0.05, 0) is 42.5 Å². The summed E-state index contributed by atoms with van der Waals surface area (Å²) in [5.41, 5.74) is 2.56. The zero-order valence-corrected chi connectivity index (χ0v) is 13.9. The predicted octanol–water partition coefficient (Wildman–Crippen LogP) is 3.90. The number of nitrogens with zero attached hydrogens (tertiary/aromatic N) is 2. The zero-order valence-electron chi connectivity index (χ0n) is 13.9. The number of carbonyl (C=O) groups excluding carboxylic acids is 1. The fraction of sp³-hybridized carbons (Fsp3) is 0.158. The summed E-state index contributed by atoms with van der Waals surface area (Å²) in [6, 6.07) is 14.7. The van der Waals surface area contributed by atoms with Crippen LogP contribution in [0.2, 0.25) is 0 Å². The van der Waals surface area contributed by atoms with Crippen LogP contribution >= 0.6 is 0 Å². The van der Waals surface area contributed by atoms with Crippen LogP contribution in [-0.2, 0) is 11.3 Å². The van der Waals surface area contributed by atoms with Gasteiger partial charge in [0.2, 0.25) is 0 Å². The highest BCUT2D eigenvalue weighted by Crippen LogP contribution is 2.21. The minimum atomic E-state index is -0.435. The standard InChI is InChI=1S/C19H17FN2O3/c1-22(2)17-5-3-4-14(10-17)19(23)24-12-16-11-18(25-21-16)13-6-8-15(20)9-7-13/h3-11H,12H2,1-2H3. The van der Waals surface area contributed by atoms with Gasteiger partial charge < -0.3 is 14.2 Å². The van der Waals surface area contributed by atoms with Crippen LogP contribution in [-0.4, -0.2) is 25.2 Å². The molecule has 0 spiro atoms. The van der Waals surface area contributed by atoms with Crippen molar-refractivity contribution in [1.29, 1.82) is 0 Å². The molecule has 0 aliphatic heterocycles. The maximum absolute atomic E-state index is 12.9. The van der Waals surface area contributed by atoms with Crippen molar-refractivity contribution in [2.45, 2.75) is 6.61 Å². The highest BCUT2D eigenvalue weighted by atomic mass is 19.1. The van der Waals surface area contributed by atoms with Crippen molar-refractivity contribution in [3.8, 4) is 11.3 Å². The van der Waals surface area contributed by atoms with Crippen LogP contribution in [0.1, 0.15) is 16.1 Å². The lowest BCUT2D eigenvalue weighted by Gasteiger charge is -2.13. The predicted molar refractivity (Wildman–Crippen MR) is 91.8 cm³/mol. The van der Waals surface area contributed by atoms with Crippen LogP contribution in [0.3, 0.4) is 0 Å². The first-order valence-corrected chi connectivity index (χ1v) is 7.69. The van der Waals surface area contributed by atoms with Gasteiger partial charge in [0.1, 0.15) is 18.1 Å². The molecule has 0 atom stereocenters. The van der Waals surface area contributed by atoms with Gasteiger partial charge in [-0.2, -0.15) is 0 Å². The van der Waals surface area contributed by atoms with Crippen molar-refractivity contribution in [2.24, 2.45) is 0 Å². The molecule has 0 saturated heterocycles. The van der Waals surface area contributed by atoms with E-state index < -0.39 is 5.97 Å². The molecule has 0 unspecified atom stereocenters. The lowest BCUT2D eigenvalue weighted by molar-refractivity contribution is 0.0464. The summed E-state index contributed by atoms with van der Waals surface area (Å²) in [4.78, 5) is 14.1. The third-order valence-corrected chi connectivity index (χ3v) is 3.64. The van der Waals surface area contributed by atoms with Gasteiger partial charge in [-0.3, -0.25) is 0 Å². The first kappa shape index (κ1) is 16.7. The van der Waals surface area contributed by atoms with Crippen molar-refractivity contribution in [1.82, 2.24) is 5.16 Å². The van der Waals surface area contributed by atoms with E-state index in [-0.39, 0.29) is 12.4 Å². The molecule has 3 aromatic rings. The van der Waals surface area contributed by atoms with Gasteiger partial charge in [0, 0.05) is 31.4 Å². The fourth-order valence-electron chi connectivity index (χ4n) is 2.26. The van der Waals surface area contributed by atoms with E-state index >= 15 is 0 Å². The molecule has 25 heavy (non-hydrogen) atoms. The van der Waals surface area contributed by atoms with E-state index in [1.807, 2.05) is 25.1 Å². The quantitative estimate of drug-likeness (QED) is 0.659. The van der Waals surface area contributed by atoms with E-state index in [0.29, 0.717) is 22.6 Å². The van der Waals surface area contributed by atoms with E-state index in [9.17, 15) is 9.18 Å². The van der Waals surface area contributed by atoms with Gasteiger partial charge in [-0.1, -0.05) is 11.2 Å².